The molecule has 222 valence electrons. The van der Waals surface area contributed by atoms with Gasteiger partial charge in [-0.1, -0.05) is 36.9 Å². The molecule has 4 aromatic rings. The monoisotopic (exact) mass is 602 g/mol. The van der Waals surface area contributed by atoms with Crippen molar-refractivity contribution in [2.24, 2.45) is 0 Å². The van der Waals surface area contributed by atoms with E-state index in [9.17, 15) is 14.4 Å². The number of aryl methyl sites for hydroxylation is 1. The van der Waals surface area contributed by atoms with Gasteiger partial charge in [-0.05, 0) is 54.3 Å². The van der Waals surface area contributed by atoms with E-state index in [0.717, 1.165) is 12.0 Å². The number of anilines is 1. The number of nitrogens with zero attached hydrogens (tertiary/aromatic N) is 2. The number of hydrogen-bond acceptors (Lipinski definition) is 9. The van der Waals surface area contributed by atoms with Crippen LogP contribution in [-0.2, 0) is 29.1 Å². The molecule has 43 heavy (non-hydrogen) atoms. The van der Waals surface area contributed by atoms with Crippen LogP contribution in [0.4, 0.5) is 5.69 Å². The first-order valence-corrected chi connectivity index (χ1v) is 15.0. The molecule has 2 aliphatic heterocycles. The van der Waals surface area contributed by atoms with E-state index in [1.54, 1.807) is 12.1 Å². The minimum absolute atomic E-state index is 0.0496. The summed E-state index contributed by atoms with van der Waals surface area (Å²) in [7, 11) is 0. The van der Waals surface area contributed by atoms with E-state index in [1.807, 2.05) is 42.5 Å². The maximum atomic E-state index is 13.6. The first-order valence-electron chi connectivity index (χ1n) is 14.0. The van der Waals surface area contributed by atoms with Crippen molar-refractivity contribution in [1.29, 1.82) is 0 Å². The number of benzene rings is 3. The Labute approximate surface area is 251 Å². The molecule has 3 aromatic carbocycles. The number of carbonyl (C=O) groups is 2. The highest BCUT2D eigenvalue weighted by molar-refractivity contribution is 7.99. The van der Waals surface area contributed by atoms with E-state index in [0.29, 0.717) is 57.7 Å². The quantitative estimate of drug-likeness (QED) is 0.191. The zero-order valence-corrected chi connectivity index (χ0v) is 24.3. The number of nitrogens with one attached hydrogen (secondary N) is 2. The molecule has 0 radical (unpaired) electrons. The standard InChI is InChI=1S/C31H30N4O7S/c1-2-19-5-8-21(9-6-19)33-29(37)16-43-31-34-23-14-27-26(41-18-42-27)13-22(23)30(38)35(31)11-3-4-28(36)32-15-20-7-10-24-25(12-20)40-17-39-24/h5-10,12-14H,2-4,11,15-18H2,1H3,(H,32,36)(H,33,37). The third-order valence-corrected chi connectivity index (χ3v) is 8.08. The number of aromatic nitrogens is 2. The lowest BCUT2D eigenvalue weighted by atomic mass is 10.1. The number of thioether (sulfide) groups is 1. The van der Waals surface area contributed by atoms with Crippen molar-refractivity contribution in [3.8, 4) is 23.0 Å². The Kier molecular flexibility index (Phi) is 8.36. The molecule has 12 heteroatoms. The highest BCUT2D eigenvalue weighted by atomic mass is 32.2. The van der Waals surface area contributed by atoms with E-state index >= 15 is 0 Å². The van der Waals surface area contributed by atoms with E-state index in [-0.39, 0.29) is 49.7 Å². The molecule has 0 saturated carbocycles. The maximum absolute atomic E-state index is 13.6. The van der Waals surface area contributed by atoms with Gasteiger partial charge in [0.15, 0.2) is 28.2 Å². The summed E-state index contributed by atoms with van der Waals surface area (Å²) in [6, 6.07) is 16.5. The van der Waals surface area contributed by atoms with Crippen LogP contribution in [0.5, 0.6) is 23.0 Å². The van der Waals surface area contributed by atoms with Crippen LogP contribution in [0.15, 0.2) is 64.5 Å². The first-order chi connectivity index (χ1) is 21.0. The van der Waals surface area contributed by atoms with Crippen LogP contribution in [0.2, 0.25) is 0 Å². The summed E-state index contributed by atoms with van der Waals surface area (Å²) in [6.07, 6.45) is 1.51. The third-order valence-electron chi connectivity index (χ3n) is 7.10. The summed E-state index contributed by atoms with van der Waals surface area (Å²) >= 11 is 1.17. The van der Waals surface area contributed by atoms with Crippen LogP contribution in [0, 0.1) is 0 Å². The van der Waals surface area contributed by atoms with Gasteiger partial charge in [-0.25, -0.2) is 4.98 Å². The SMILES string of the molecule is CCc1ccc(NC(=O)CSc2nc3cc4c(cc3c(=O)n2CCCC(=O)NCc2ccc3c(c2)OCO3)OCO4)cc1. The van der Waals surface area contributed by atoms with E-state index in [1.165, 1.54) is 21.9 Å². The van der Waals surface area contributed by atoms with Crippen LogP contribution < -0.4 is 35.1 Å². The van der Waals surface area contributed by atoms with Crippen LogP contribution in [0.1, 0.15) is 30.9 Å². The highest BCUT2D eigenvalue weighted by Gasteiger charge is 2.20. The van der Waals surface area contributed by atoms with Crippen LogP contribution in [0.25, 0.3) is 10.9 Å². The highest BCUT2D eigenvalue weighted by Crippen LogP contribution is 2.35. The molecule has 2 N–H and O–H groups in total. The summed E-state index contributed by atoms with van der Waals surface area (Å²) in [5, 5.41) is 6.56. The predicted molar refractivity (Wildman–Crippen MR) is 161 cm³/mol. The Morgan fingerprint density at radius 3 is 2.35 bits per heavy atom. The summed E-state index contributed by atoms with van der Waals surface area (Å²) in [6.45, 7) is 2.92. The molecule has 2 aliphatic rings. The predicted octanol–water partition coefficient (Wildman–Crippen LogP) is 4.24. The molecule has 0 saturated heterocycles. The zero-order valence-electron chi connectivity index (χ0n) is 23.5. The van der Waals surface area contributed by atoms with E-state index in [4.69, 9.17) is 23.9 Å². The van der Waals surface area contributed by atoms with Crippen molar-refractivity contribution < 1.29 is 28.5 Å². The van der Waals surface area contributed by atoms with Crippen molar-refractivity contribution >= 4 is 40.2 Å². The molecule has 0 bridgehead atoms. The molecular formula is C31H30N4O7S. The number of fused-ring (bicyclic) bond motifs is 3. The molecule has 3 heterocycles. The summed E-state index contributed by atoms with van der Waals surface area (Å²) in [5.74, 6) is 2.02. The Morgan fingerprint density at radius 1 is 0.884 bits per heavy atom. The van der Waals surface area contributed by atoms with Gasteiger partial charge in [0.1, 0.15) is 0 Å². The average Bonchev–Trinajstić information content (AvgIpc) is 3.68. The molecular weight excluding hydrogens is 572 g/mol. The average molecular weight is 603 g/mol. The molecule has 11 nitrogen and oxygen atoms in total. The molecule has 0 atom stereocenters. The Balaban J connectivity index is 1.13. The summed E-state index contributed by atoms with van der Waals surface area (Å²) in [4.78, 5) is 43.7. The second-order valence-electron chi connectivity index (χ2n) is 10.0. The number of rotatable bonds is 11. The second kappa shape index (κ2) is 12.7. The van der Waals surface area contributed by atoms with Gasteiger partial charge in [-0.2, -0.15) is 0 Å². The fraction of sp³-hybridized carbons (Fsp3) is 0.290. The molecule has 0 unspecified atom stereocenters. The minimum Gasteiger partial charge on any atom is -0.454 e. The smallest absolute Gasteiger partial charge is 0.262 e. The Hall–Kier alpha value is -4.71. The van der Waals surface area contributed by atoms with Gasteiger partial charge in [0.25, 0.3) is 5.56 Å². The van der Waals surface area contributed by atoms with Crippen molar-refractivity contribution in [2.45, 2.75) is 44.4 Å². The Bertz CT molecular complexity index is 1740. The minimum atomic E-state index is -0.276. The van der Waals surface area contributed by atoms with Crippen LogP contribution >= 0.6 is 11.8 Å². The van der Waals surface area contributed by atoms with Crippen molar-refractivity contribution in [3.63, 3.8) is 0 Å². The zero-order chi connectivity index (χ0) is 29.8. The number of carbonyl (C=O) groups excluding carboxylic acids is 2. The summed E-state index contributed by atoms with van der Waals surface area (Å²) in [5.41, 5.74) is 2.95. The normalized spacial score (nSPS) is 12.9. The van der Waals surface area contributed by atoms with Crippen molar-refractivity contribution in [2.75, 3.05) is 24.7 Å². The van der Waals surface area contributed by atoms with E-state index < -0.39 is 0 Å². The number of ether oxygens (including phenoxy) is 4. The molecule has 0 aliphatic carbocycles. The molecule has 6 rings (SSSR count). The maximum Gasteiger partial charge on any atom is 0.262 e. The van der Waals surface area contributed by atoms with Gasteiger partial charge in [-0.3, -0.25) is 19.0 Å². The van der Waals surface area contributed by atoms with E-state index in [2.05, 4.69) is 17.6 Å². The third kappa shape index (κ3) is 6.54. The van der Waals surface area contributed by atoms with Crippen LogP contribution in [-0.4, -0.2) is 40.7 Å². The molecule has 1 aromatic heterocycles. The van der Waals surface area contributed by atoms with Gasteiger partial charge in [-0.15, -0.1) is 0 Å². The van der Waals surface area contributed by atoms with Crippen molar-refractivity contribution in [3.05, 3.63) is 76.1 Å². The van der Waals surface area contributed by atoms with Crippen molar-refractivity contribution in [1.82, 2.24) is 14.9 Å². The topological polar surface area (TPSA) is 130 Å². The molecule has 2 amide bonds. The fourth-order valence-electron chi connectivity index (χ4n) is 4.79. The van der Waals surface area contributed by atoms with Crippen LogP contribution in [0.3, 0.4) is 0 Å². The van der Waals surface area contributed by atoms with Gasteiger partial charge in [0, 0.05) is 31.3 Å². The fourth-order valence-corrected chi connectivity index (χ4v) is 5.61. The number of amides is 2. The largest absolute Gasteiger partial charge is 0.454 e. The Morgan fingerprint density at radius 2 is 1.58 bits per heavy atom. The van der Waals surface area contributed by atoms with Gasteiger partial charge >= 0.3 is 0 Å². The van der Waals surface area contributed by atoms with Gasteiger partial charge in [0.05, 0.1) is 16.7 Å². The van der Waals surface area contributed by atoms with Gasteiger partial charge < -0.3 is 29.6 Å². The lowest BCUT2D eigenvalue weighted by molar-refractivity contribution is -0.121. The molecule has 0 fully saturated rings. The first kappa shape index (κ1) is 28.4. The number of hydrogen-bond donors (Lipinski definition) is 2. The second-order valence-corrected chi connectivity index (χ2v) is 11.0. The lowest BCUT2D eigenvalue weighted by Gasteiger charge is -2.14. The lowest BCUT2D eigenvalue weighted by Crippen LogP contribution is -2.26. The summed E-state index contributed by atoms with van der Waals surface area (Å²) < 4.78 is 23.2. The van der Waals surface area contributed by atoms with Gasteiger partial charge in [0.2, 0.25) is 25.4 Å². The molecule has 0 spiro atoms.